The van der Waals surface area contributed by atoms with E-state index in [1.807, 2.05) is 19.1 Å². The molecule has 1 heteroatoms. The van der Waals surface area contributed by atoms with Gasteiger partial charge in [-0.15, -0.1) is 0 Å². The predicted molar refractivity (Wildman–Crippen MR) is 139 cm³/mol. The van der Waals surface area contributed by atoms with Crippen molar-refractivity contribution in [2.24, 2.45) is 5.92 Å². The van der Waals surface area contributed by atoms with Gasteiger partial charge in [0.05, 0.1) is 0 Å². The van der Waals surface area contributed by atoms with Crippen molar-refractivity contribution >= 4 is 0 Å². The summed E-state index contributed by atoms with van der Waals surface area (Å²) in [5.41, 5.74) is 5.77. The first-order chi connectivity index (χ1) is 16.1. The summed E-state index contributed by atoms with van der Waals surface area (Å²) in [4.78, 5) is 0. The largest absolute Gasteiger partial charge is 0.207 e. The molecule has 0 heterocycles. The third kappa shape index (κ3) is 6.22. The molecule has 1 saturated carbocycles. The van der Waals surface area contributed by atoms with Crippen LogP contribution in [0.4, 0.5) is 4.39 Å². The number of hydrogen-bond acceptors (Lipinski definition) is 0. The lowest BCUT2D eigenvalue weighted by Crippen LogP contribution is -2.15. The molecule has 1 aliphatic rings. The Balaban J connectivity index is 1.32. The van der Waals surface area contributed by atoms with Gasteiger partial charge < -0.3 is 0 Å². The molecule has 1 unspecified atom stereocenters. The van der Waals surface area contributed by atoms with Gasteiger partial charge in [0.1, 0.15) is 5.82 Å². The van der Waals surface area contributed by atoms with E-state index < -0.39 is 0 Å². The highest BCUT2D eigenvalue weighted by molar-refractivity contribution is 5.64. The highest BCUT2D eigenvalue weighted by atomic mass is 19.1. The molecule has 3 aromatic rings. The molecule has 0 saturated heterocycles. The van der Waals surface area contributed by atoms with Crippen molar-refractivity contribution in [3.63, 3.8) is 0 Å². The van der Waals surface area contributed by atoms with Crippen LogP contribution in [0.25, 0.3) is 11.1 Å². The van der Waals surface area contributed by atoms with Crippen LogP contribution in [0.2, 0.25) is 0 Å². The van der Waals surface area contributed by atoms with E-state index in [9.17, 15) is 4.39 Å². The molecule has 3 aromatic carbocycles. The molecule has 0 N–H and O–H groups in total. The lowest BCUT2D eigenvalue weighted by Gasteiger charge is -2.30. The molecule has 0 radical (unpaired) electrons. The lowest BCUT2D eigenvalue weighted by molar-refractivity contribution is 0.297. The van der Waals surface area contributed by atoms with E-state index in [2.05, 4.69) is 73.7 Å². The third-order valence-corrected chi connectivity index (χ3v) is 7.49. The number of aryl methyl sites for hydroxylation is 1. The first-order valence-corrected chi connectivity index (χ1v) is 12.7. The van der Waals surface area contributed by atoms with Gasteiger partial charge in [0, 0.05) is 0 Å². The van der Waals surface area contributed by atoms with Crippen LogP contribution in [0.15, 0.2) is 84.9 Å². The Labute approximate surface area is 199 Å². The van der Waals surface area contributed by atoms with Gasteiger partial charge in [-0.2, -0.15) is 0 Å². The van der Waals surface area contributed by atoms with Gasteiger partial charge in [-0.1, -0.05) is 85.8 Å². The molecule has 0 spiro atoms. The van der Waals surface area contributed by atoms with Gasteiger partial charge in [0.15, 0.2) is 0 Å². The van der Waals surface area contributed by atoms with Crippen molar-refractivity contribution in [1.29, 1.82) is 0 Å². The van der Waals surface area contributed by atoms with Gasteiger partial charge in [-0.3, -0.25) is 0 Å². The summed E-state index contributed by atoms with van der Waals surface area (Å²) >= 11 is 0. The molecule has 172 valence electrons. The van der Waals surface area contributed by atoms with E-state index in [0.29, 0.717) is 11.8 Å². The lowest BCUT2D eigenvalue weighted by atomic mass is 9.75. The second kappa shape index (κ2) is 11.5. The standard InChI is InChI=1S/C32H37F/c1-3-4-6-11-30-20-21-31(23-32(30)33)29-18-16-28(17-19-29)27-14-12-25(13-15-27)22-24(2)26-9-7-5-8-10-26/h3-5,7-10,16-21,23-25,27H,6,11-15,22H2,1-2H3/b4-3+. The summed E-state index contributed by atoms with van der Waals surface area (Å²) in [5.74, 6) is 2.05. The average molecular weight is 441 g/mol. The Hall–Kier alpha value is -2.67. The molecule has 0 amide bonds. The van der Waals surface area contributed by atoms with Crippen molar-refractivity contribution in [3.05, 3.63) is 107 Å². The molecular weight excluding hydrogens is 403 g/mol. The topological polar surface area (TPSA) is 0 Å². The number of halogens is 1. The molecule has 0 aromatic heterocycles. The Morgan fingerprint density at radius 1 is 0.879 bits per heavy atom. The average Bonchev–Trinajstić information content (AvgIpc) is 2.86. The van der Waals surface area contributed by atoms with Crippen molar-refractivity contribution in [1.82, 2.24) is 0 Å². The number of hydrogen-bond donors (Lipinski definition) is 0. The molecule has 1 fully saturated rings. The van der Waals surface area contributed by atoms with Crippen LogP contribution in [-0.4, -0.2) is 0 Å². The zero-order valence-electron chi connectivity index (χ0n) is 20.1. The summed E-state index contributed by atoms with van der Waals surface area (Å²) < 4.78 is 14.5. The fourth-order valence-electron chi connectivity index (χ4n) is 5.43. The highest BCUT2D eigenvalue weighted by Gasteiger charge is 2.24. The van der Waals surface area contributed by atoms with Crippen LogP contribution in [-0.2, 0) is 6.42 Å². The van der Waals surface area contributed by atoms with Crippen molar-refractivity contribution < 1.29 is 4.39 Å². The van der Waals surface area contributed by atoms with E-state index in [-0.39, 0.29) is 5.82 Å². The monoisotopic (exact) mass is 440 g/mol. The fourth-order valence-corrected chi connectivity index (χ4v) is 5.43. The molecular formula is C32H37F. The zero-order chi connectivity index (χ0) is 23.0. The first kappa shape index (κ1) is 23.5. The first-order valence-electron chi connectivity index (χ1n) is 12.7. The second-order valence-corrected chi connectivity index (χ2v) is 9.80. The van der Waals surface area contributed by atoms with Gasteiger partial charge in [-0.05, 0) is 104 Å². The summed E-state index contributed by atoms with van der Waals surface area (Å²) in [5, 5.41) is 0. The van der Waals surface area contributed by atoms with Gasteiger partial charge >= 0.3 is 0 Å². The summed E-state index contributed by atoms with van der Waals surface area (Å²) in [6, 6.07) is 25.5. The Kier molecular flexibility index (Phi) is 8.15. The Morgan fingerprint density at radius 3 is 2.24 bits per heavy atom. The fraction of sp³-hybridized carbons (Fsp3) is 0.375. The molecule has 1 aliphatic carbocycles. The van der Waals surface area contributed by atoms with E-state index in [4.69, 9.17) is 0 Å². The number of rotatable bonds is 8. The minimum absolute atomic E-state index is 0.0934. The normalized spacial score (nSPS) is 19.6. The molecule has 4 rings (SSSR count). The Bertz CT molecular complexity index is 1020. The van der Waals surface area contributed by atoms with Gasteiger partial charge in [-0.25, -0.2) is 4.39 Å². The third-order valence-electron chi connectivity index (χ3n) is 7.49. The number of allylic oxidation sites excluding steroid dienone is 2. The van der Waals surface area contributed by atoms with E-state index in [1.165, 1.54) is 43.2 Å². The quantitative estimate of drug-likeness (QED) is 0.306. The zero-order valence-corrected chi connectivity index (χ0v) is 20.1. The number of benzene rings is 3. The molecule has 0 bridgehead atoms. The van der Waals surface area contributed by atoms with Gasteiger partial charge in [0.2, 0.25) is 0 Å². The smallest absolute Gasteiger partial charge is 0.127 e. The second-order valence-electron chi connectivity index (χ2n) is 9.80. The molecule has 0 nitrogen and oxygen atoms in total. The minimum Gasteiger partial charge on any atom is -0.207 e. The molecule has 0 aliphatic heterocycles. The molecule has 1 atom stereocenters. The minimum atomic E-state index is -0.0934. The van der Waals surface area contributed by atoms with Crippen molar-refractivity contribution in [3.8, 4) is 11.1 Å². The van der Waals surface area contributed by atoms with Crippen LogP contribution in [0, 0.1) is 11.7 Å². The maximum absolute atomic E-state index is 14.5. The van der Waals surface area contributed by atoms with Crippen LogP contribution in [0.5, 0.6) is 0 Å². The van der Waals surface area contributed by atoms with Gasteiger partial charge in [0.25, 0.3) is 0 Å². The highest BCUT2D eigenvalue weighted by Crippen LogP contribution is 2.40. The Morgan fingerprint density at radius 2 is 1.58 bits per heavy atom. The van der Waals surface area contributed by atoms with Crippen LogP contribution >= 0.6 is 0 Å². The maximum Gasteiger partial charge on any atom is 0.127 e. The van der Waals surface area contributed by atoms with E-state index in [1.54, 1.807) is 6.07 Å². The summed E-state index contributed by atoms with van der Waals surface area (Å²) in [7, 11) is 0. The summed E-state index contributed by atoms with van der Waals surface area (Å²) in [6.07, 6.45) is 12.2. The SMILES string of the molecule is C/C=C/CCc1ccc(-c2ccc(C3CCC(CC(C)c4ccccc4)CC3)cc2)cc1F. The van der Waals surface area contributed by atoms with Crippen LogP contribution < -0.4 is 0 Å². The van der Waals surface area contributed by atoms with E-state index in [0.717, 1.165) is 35.4 Å². The van der Waals surface area contributed by atoms with Crippen LogP contribution in [0.3, 0.4) is 0 Å². The predicted octanol–water partition coefficient (Wildman–Crippen LogP) is 9.47. The van der Waals surface area contributed by atoms with Crippen molar-refractivity contribution in [2.75, 3.05) is 0 Å². The summed E-state index contributed by atoms with van der Waals surface area (Å²) in [6.45, 7) is 4.37. The molecule has 33 heavy (non-hydrogen) atoms. The van der Waals surface area contributed by atoms with E-state index >= 15 is 0 Å². The van der Waals surface area contributed by atoms with Crippen LogP contribution in [0.1, 0.15) is 80.9 Å². The maximum atomic E-state index is 14.5. The van der Waals surface area contributed by atoms with Crippen molar-refractivity contribution in [2.45, 2.75) is 70.6 Å².